The van der Waals surface area contributed by atoms with E-state index in [0.717, 1.165) is 23.9 Å². The molecule has 8 heteroatoms. The van der Waals surface area contributed by atoms with E-state index in [1.807, 2.05) is 31.2 Å². The smallest absolute Gasteiger partial charge is 0.251 e. The van der Waals surface area contributed by atoms with Gasteiger partial charge in [0.15, 0.2) is 0 Å². The summed E-state index contributed by atoms with van der Waals surface area (Å²) in [4.78, 5) is 20.3. The van der Waals surface area contributed by atoms with Gasteiger partial charge in [0, 0.05) is 11.6 Å². The Bertz CT molecular complexity index is 1050. The van der Waals surface area contributed by atoms with Crippen molar-refractivity contribution in [1.29, 1.82) is 0 Å². The molecule has 1 aromatic heterocycles. The molecule has 7 nitrogen and oxygen atoms in total. The Labute approximate surface area is 157 Å². The number of carbonyl (C=O) groups is 1. The molecule has 140 valence electrons. The number of aromatic nitrogens is 2. The summed E-state index contributed by atoms with van der Waals surface area (Å²) in [6.07, 6.45) is 1.75. The largest absolute Gasteiger partial charge is 0.342 e. The van der Waals surface area contributed by atoms with E-state index in [0.29, 0.717) is 11.4 Å². The third-order valence-electron chi connectivity index (χ3n) is 4.49. The zero-order chi connectivity index (χ0) is 19.0. The summed E-state index contributed by atoms with van der Waals surface area (Å²) in [5, 5.41) is 2.88. The summed E-state index contributed by atoms with van der Waals surface area (Å²) in [6, 6.07) is 13.3. The second kappa shape index (κ2) is 6.79. The fraction of sp³-hybridized carbons (Fsp3) is 0.263. The lowest BCUT2D eigenvalue weighted by Gasteiger charge is -2.12. The van der Waals surface area contributed by atoms with E-state index < -0.39 is 10.0 Å². The lowest BCUT2D eigenvalue weighted by atomic mass is 10.2. The van der Waals surface area contributed by atoms with Crippen LogP contribution in [0.5, 0.6) is 0 Å². The van der Waals surface area contributed by atoms with Crippen molar-refractivity contribution >= 4 is 27.0 Å². The molecule has 1 unspecified atom stereocenters. The normalized spacial score (nSPS) is 15.6. The van der Waals surface area contributed by atoms with Crippen molar-refractivity contribution in [1.82, 2.24) is 20.0 Å². The van der Waals surface area contributed by atoms with Crippen molar-refractivity contribution in [2.24, 2.45) is 0 Å². The van der Waals surface area contributed by atoms with Crippen LogP contribution in [0.3, 0.4) is 0 Å². The van der Waals surface area contributed by atoms with Crippen LogP contribution in [0.15, 0.2) is 53.4 Å². The summed E-state index contributed by atoms with van der Waals surface area (Å²) in [7, 11) is -3.52. The van der Waals surface area contributed by atoms with Crippen LogP contribution in [0, 0.1) is 0 Å². The van der Waals surface area contributed by atoms with E-state index in [4.69, 9.17) is 0 Å². The zero-order valence-electron chi connectivity index (χ0n) is 14.8. The van der Waals surface area contributed by atoms with Gasteiger partial charge in [0.1, 0.15) is 5.82 Å². The third-order valence-corrected chi connectivity index (χ3v) is 6.03. The Morgan fingerprint density at radius 2 is 1.85 bits per heavy atom. The monoisotopic (exact) mass is 384 g/mol. The summed E-state index contributed by atoms with van der Waals surface area (Å²) < 4.78 is 27.0. The van der Waals surface area contributed by atoms with Gasteiger partial charge in [0.05, 0.1) is 22.0 Å². The topological polar surface area (TPSA) is 104 Å². The molecule has 1 atom stereocenters. The predicted octanol–water partition coefficient (Wildman–Crippen LogP) is 2.49. The van der Waals surface area contributed by atoms with E-state index in [9.17, 15) is 13.2 Å². The minimum Gasteiger partial charge on any atom is -0.342 e. The molecule has 1 fully saturated rings. The highest BCUT2D eigenvalue weighted by Gasteiger charge is 2.28. The van der Waals surface area contributed by atoms with Gasteiger partial charge in [-0.1, -0.05) is 12.1 Å². The number of H-pyrrole nitrogens is 1. The molecule has 1 heterocycles. The molecule has 0 saturated heterocycles. The molecule has 4 rings (SSSR count). The average molecular weight is 384 g/mol. The van der Waals surface area contributed by atoms with Gasteiger partial charge in [-0.2, -0.15) is 0 Å². The van der Waals surface area contributed by atoms with Crippen LogP contribution in [0.25, 0.3) is 11.0 Å². The first-order chi connectivity index (χ1) is 12.9. The van der Waals surface area contributed by atoms with Gasteiger partial charge in [0.25, 0.3) is 5.91 Å². The van der Waals surface area contributed by atoms with Crippen molar-refractivity contribution in [3.05, 3.63) is 59.9 Å². The highest BCUT2D eigenvalue weighted by molar-refractivity contribution is 7.89. The van der Waals surface area contributed by atoms with Crippen LogP contribution >= 0.6 is 0 Å². The van der Waals surface area contributed by atoms with E-state index in [2.05, 4.69) is 20.0 Å². The Balaban J connectivity index is 1.45. The maximum absolute atomic E-state index is 12.5. The molecule has 0 aliphatic heterocycles. The van der Waals surface area contributed by atoms with Crippen molar-refractivity contribution in [2.45, 2.75) is 36.7 Å². The molecule has 1 aliphatic carbocycles. The van der Waals surface area contributed by atoms with Gasteiger partial charge in [-0.3, -0.25) is 4.79 Å². The average Bonchev–Trinajstić information content (AvgIpc) is 3.34. The highest BCUT2D eigenvalue weighted by atomic mass is 32.2. The fourth-order valence-electron chi connectivity index (χ4n) is 2.80. The van der Waals surface area contributed by atoms with Crippen LogP contribution < -0.4 is 10.0 Å². The lowest BCUT2D eigenvalue weighted by molar-refractivity contribution is 0.0938. The standard InChI is InChI=1S/C19H20N4O3S/c1-12(18-21-16-4-2-3-5-17(16)22-18)20-19(24)13-6-10-15(11-7-13)27(25,26)23-14-8-9-14/h2-7,10-12,14,23H,8-9H2,1H3,(H,20,24)(H,21,22). The molecular weight excluding hydrogens is 364 g/mol. The van der Waals surface area contributed by atoms with E-state index >= 15 is 0 Å². The summed E-state index contributed by atoms with van der Waals surface area (Å²) in [5.41, 5.74) is 2.14. The Morgan fingerprint density at radius 1 is 1.15 bits per heavy atom. The number of hydrogen-bond donors (Lipinski definition) is 3. The Kier molecular flexibility index (Phi) is 4.45. The minimum absolute atomic E-state index is 0.0441. The third kappa shape index (κ3) is 3.86. The fourth-order valence-corrected chi connectivity index (χ4v) is 4.11. The molecular formula is C19H20N4O3S. The molecule has 3 N–H and O–H groups in total. The van der Waals surface area contributed by atoms with Crippen LogP contribution in [0.1, 0.15) is 42.0 Å². The number of nitrogens with zero attached hydrogens (tertiary/aromatic N) is 1. The van der Waals surface area contributed by atoms with Gasteiger partial charge >= 0.3 is 0 Å². The van der Waals surface area contributed by atoms with Crippen molar-refractivity contribution in [3.8, 4) is 0 Å². The van der Waals surface area contributed by atoms with Crippen LogP contribution in [0.2, 0.25) is 0 Å². The molecule has 2 aromatic carbocycles. The number of imidazole rings is 1. The molecule has 0 bridgehead atoms. The first kappa shape index (κ1) is 17.7. The van der Waals surface area contributed by atoms with Gasteiger partial charge in [-0.05, 0) is 56.2 Å². The Hall–Kier alpha value is -2.71. The predicted molar refractivity (Wildman–Crippen MR) is 102 cm³/mol. The van der Waals surface area contributed by atoms with E-state index in [1.54, 1.807) is 0 Å². The van der Waals surface area contributed by atoms with Gasteiger partial charge < -0.3 is 10.3 Å². The minimum atomic E-state index is -3.52. The second-order valence-corrected chi connectivity index (χ2v) is 8.47. The zero-order valence-corrected chi connectivity index (χ0v) is 15.6. The summed E-state index contributed by atoms with van der Waals surface area (Å²) in [5.74, 6) is 0.374. The van der Waals surface area contributed by atoms with E-state index in [-0.39, 0.29) is 22.9 Å². The first-order valence-corrected chi connectivity index (χ1v) is 10.3. The van der Waals surface area contributed by atoms with Crippen molar-refractivity contribution < 1.29 is 13.2 Å². The Morgan fingerprint density at radius 3 is 2.52 bits per heavy atom. The number of carbonyl (C=O) groups excluding carboxylic acids is 1. The molecule has 1 amide bonds. The molecule has 1 saturated carbocycles. The summed E-state index contributed by atoms with van der Waals surface area (Å²) in [6.45, 7) is 1.84. The maximum atomic E-state index is 12.5. The number of amides is 1. The molecule has 27 heavy (non-hydrogen) atoms. The number of benzene rings is 2. The highest BCUT2D eigenvalue weighted by Crippen LogP contribution is 2.22. The number of nitrogens with one attached hydrogen (secondary N) is 3. The van der Waals surface area contributed by atoms with Crippen molar-refractivity contribution in [3.63, 3.8) is 0 Å². The van der Waals surface area contributed by atoms with Crippen LogP contribution in [-0.4, -0.2) is 30.3 Å². The number of aromatic amines is 1. The SMILES string of the molecule is CC(NC(=O)c1ccc(S(=O)(=O)NC2CC2)cc1)c1nc2ccccc2[nH]1. The van der Waals surface area contributed by atoms with Gasteiger partial charge in [-0.25, -0.2) is 18.1 Å². The quantitative estimate of drug-likeness (QED) is 0.607. The lowest BCUT2D eigenvalue weighted by Crippen LogP contribution is -2.28. The molecule has 0 spiro atoms. The molecule has 1 aliphatic rings. The van der Waals surface area contributed by atoms with Crippen LogP contribution in [-0.2, 0) is 10.0 Å². The second-order valence-electron chi connectivity index (χ2n) is 6.75. The van der Waals surface area contributed by atoms with Crippen molar-refractivity contribution in [2.75, 3.05) is 0 Å². The van der Waals surface area contributed by atoms with E-state index in [1.165, 1.54) is 24.3 Å². The number of sulfonamides is 1. The summed E-state index contributed by atoms with van der Waals surface area (Å²) >= 11 is 0. The maximum Gasteiger partial charge on any atom is 0.251 e. The number of para-hydroxylation sites is 2. The molecule has 0 radical (unpaired) electrons. The first-order valence-electron chi connectivity index (χ1n) is 8.80. The number of fused-ring (bicyclic) bond motifs is 1. The van der Waals surface area contributed by atoms with Gasteiger partial charge in [0.2, 0.25) is 10.0 Å². The van der Waals surface area contributed by atoms with Crippen LogP contribution in [0.4, 0.5) is 0 Å². The number of rotatable bonds is 6. The van der Waals surface area contributed by atoms with Gasteiger partial charge in [-0.15, -0.1) is 0 Å². The molecule has 3 aromatic rings. The number of hydrogen-bond acceptors (Lipinski definition) is 4.